The molecule has 0 radical (unpaired) electrons. The molecule has 134 valence electrons. The van der Waals surface area contributed by atoms with E-state index in [1.54, 1.807) is 24.3 Å². The molecule has 2 aromatic rings. The fourth-order valence-corrected chi connectivity index (χ4v) is 2.46. The van der Waals surface area contributed by atoms with Crippen LogP contribution in [-0.2, 0) is 6.54 Å². The number of hydrogen-bond acceptors (Lipinski definition) is 4. The Labute approximate surface area is 150 Å². The molecule has 0 saturated heterocycles. The molecule has 25 heavy (non-hydrogen) atoms. The summed E-state index contributed by atoms with van der Waals surface area (Å²) in [6.45, 7) is -1.47. The number of ether oxygens (including phenoxy) is 2. The van der Waals surface area contributed by atoms with Gasteiger partial charge in [-0.15, -0.1) is 0 Å². The van der Waals surface area contributed by atoms with Gasteiger partial charge < -0.3 is 14.8 Å². The van der Waals surface area contributed by atoms with Crippen molar-refractivity contribution in [1.82, 2.24) is 10.3 Å². The topological polar surface area (TPSA) is 60.5 Å². The number of alkyl halides is 3. The van der Waals surface area contributed by atoms with Gasteiger partial charge in [-0.25, -0.2) is 4.98 Å². The van der Waals surface area contributed by atoms with E-state index in [1.165, 1.54) is 19.4 Å². The average molecular weight is 419 g/mol. The lowest BCUT2D eigenvalue weighted by Crippen LogP contribution is -2.24. The summed E-state index contributed by atoms with van der Waals surface area (Å²) in [7, 11) is 1.50. The minimum Gasteiger partial charge on any atom is -0.496 e. The number of aromatic nitrogens is 1. The summed E-state index contributed by atoms with van der Waals surface area (Å²) in [5.74, 6) is 0.0108. The van der Waals surface area contributed by atoms with Crippen molar-refractivity contribution in [2.75, 3.05) is 13.7 Å². The molecule has 0 aliphatic rings. The van der Waals surface area contributed by atoms with Gasteiger partial charge in [-0.05, 0) is 40.2 Å². The molecular weight excluding hydrogens is 405 g/mol. The van der Waals surface area contributed by atoms with E-state index in [0.29, 0.717) is 21.3 Å². The van der Waals surface area contributed by atoms with Crippen LogP contribution < -0.4 is 14.8 Å². The first kappa shape index (κ1) is 19.0. The summed E-state index contributed by atoms with van der Waals surface area (Å²) < 4.78 is 47.2. The van der Waals surface area contributed by atoms with Gasteiger partial charge in [0.15, 0.2) is 6.61 Å². The van der Waals surface area contributed by atoms with E-state index < -0.39 is 18.7 Å². The number of pyridine rings is 1. The average Bonchev–Trinajstić information content (AvgIpc) is 2.57. The molecule has 2 rings (SSSR count). The van der Waals surface area contributed by atoms with Crippen LogP contribution in [-0.4, -0.2) is 30.8 Å². The van der Waals surface area contributed by atoms with E-state index in [0.717, 1.165) is 0 Å². The van der Waals surface area contributed by atoms with Gasteiger partial charge in [0.1, 0.15) is 5.75 Å². The summed E-state index contributed by atoms with van der Waals surface area (Å²) in [4.78, 5) is 16.0. The molecule has 1 aromatic heterocycles. The molecule has 0 atom stereocenters. The second kappa shape index (κ2) is 8.19. The third-order valence-electron chi connectivity index (χ3n) is 3.08. The first-order chi connectivity index (χ1) is 11.8. The molecule has 1 N–H and O–H groups in total. The van der Waals surface area contributed by atoms with Crippen molar-refractivity contribution in [3.8, 4) is 11.6 Å². The Morgan fingerprint density at radius 3 is 2.72 bits per heavy atom. The zero-order valence-corrected chi connectivity index (χ0v) is 14.6. The number of amides is 1. The molecule has 0 aliphatic heterocycles. The second-order valence-corrected chi connectivity index (χ2v) is 5.76. The second-order valence-electron chi connectivity index (χ2n) is 4.90. The third-order valence-corrected chi connectivity index (χ3v) is 3.70. The molecule has 1 heterocycles. The van der Waals surface area contributed by atoms with Crippen molar-refractivity contribution in [2.45, 2.75) is 12.7 Å². The third kappa shape index (κ3) is 5.63. The van der Waals surface area contributed by atoms with Crippen molar-refractivity contribution < 1.29 is 27.4 Å². The van der Waals surface area contributed by atoms with Gasteiger partial charge in [0, 0.05) is 23.9 Å². The highest BCUT2D eigenvalue weighted by Crippen LogP contribution is 2.25. The predicted molar refractivity (Wildman–Crippen MR) is 87.7 cm³/mol. The van der Waals surface area contributed by atoms with E-state index in [1.807, 2.05) is 0 Å². The maximum absolute atomic E-state index is 12.3. The number of hydrogen-bond donors (Lipinski definition) is 1. The highest BCUT2D eigenvalue weighted by atomic mass is 79.9. The lowest BCUT2D eigenvalue weighted by molar-refractivity contribution is -0.154. The van der Waals surface area contributed by atoms with E-state index in [2.05, 4.69) is 31.0 Å². The molecule has 0 unspecified atom stereocenters. The predicted octanol–water partition coefficient (Wildman–Crippen LogP) is 3.72. The number of rotatable bonds is 6. The number of methoxy groups -OCH3 is 1. The largest absolute Gasteiger partial charge is 0.496 e. The van der Waals surface area contributed by atoms with Crippen LogP contribution in [0.15, 0.2) is 41.0 Å². The normalized spacial score (nSPS) is 11.1. The van der Waals surface area contributed by atoms with Gasteiger partial charge >= 0.3 is 6.18 Å². The molecule has 1 amide bonds. The van der Waals surface area contributed by atoms with Crippen molar-refractivity contribution in [1.29, 1.82) is 0 Å². The summed E-state index contributed by atoms with van der Waals surface area (Å²) >= 11 is 3.28. The molecule has 1 aromatic carbocycles. The van der Waals surface area contributed by atoms with Crippen LogP contribution in [0.3, 0.4) is 0 Å². The van der Waals surface area contributed by atoms with E-state index in [9.17, 15) is 18.0 Å². The number of halogens is 4. The number of benzene rings is 1. The minimum absolute atomic E-state index is 0.0243. The van der Waals surface area contributed by atoms with E-state index in [-0.39, 0.29) is 12.4 Å². The van der Waals surface area contributed by atoms with Crippen LogP contribution >= 0.6 is 15.9 Å². The van der Waals surface area contributed by atoms with Crippen LogP contribution in [0, 0.1) is 0 Å². The number of carbonyl (C=O) groups is 1. The Bertz CT molecular complexity index is 754. The van der Waals surface area contributed by atoms with Crippen LogP contribution in [0.1, 0.15) is 15.9 Å². The lowest BCUT2D eigenvalue weighted by Gasteiger charge is -2.12. The van der Waals surface area contributed by atoms with Crippen molar-refractivity contribution in [3.63, 3.8) is 0 Å². The number of carbonyl (C=O) groups excluding carboxylic acids is 1. The van der Waals surface area contributed by atoms with E-state index >= 15 is 0 Å². The Balaban J connectivity index is 2.03. The van der Waals surface area contributed by atoms with Crippen molar-refractivity contribution in [3.05, 3.63) is 52.1 Å². The first-order valence-corrected chi connectivity index (χ1v) is 7.84. The fraction of sp³-hybridized carbons (Fsp3) is 0.250. The molecule has 0 bridgehead atoms. The van der Waals surface area contributed by atoms with Crippen LogP contribution in [0.4, 0.5) is 13.2 Å². The minimum atomic E-state index is -4.46. The van der Waals surface area contributed by atoms with Gasteiger partial charge in [-0.1, -0.05) is 6.07 Å². The van der Waals surface area contributed by atoms with Gasteiger partial charge in [0.2, 0.25) is 5.88 Å². The summed E-state index contributed by atoms with van der Waals surface area (Å²) in [6, 6.07) is 7.86. The number of nitrogens with zero attached hydrogens (tertiary/aromatic N) is 1. The van der Waals surface area contributed by atoms with Crippen molar-refractivity contribution >= 4 is 21.8 Å². The Hall–Kier alpha value is -2.29. The Morgan fingerprint density at radius 1 is 1.32 bits per heavy atom. The quantitative estimate of drug-likeness (QED) is 0.776. The first-order valence-electron chi connectivity index (χ1n) is 7.05. The molecule has 0 saturated carbocycles. The highest BCUT2D eigenvalue weighted by molar-refractivity contribution is 9.10. The molecule has 9 heteroatoms. The maximum Gasteiger partial charge on any atom is 0.422 e. The monoisotopic (exact) mass is 418 g/mol. The van der Waals surface area contributed by atoms with E-state index in [4.69, 9.17) is 4.74 Å². The lowest BCUT2D eigenvalue weighted by atomic mass is 10.2. The molecule has 0 spiro atoms. The van der Waals surface area contributed by atoms with Crippen molar-refractivity contribution in [2.24, 2.45) is 0 Å². The summed E-state index contributed by atoms with van der Waals surface area (Å²) in [6.07, 6.45) is -3.15. The van der Waals surface area contributed by atoms with Crippen LogP contribution in [0.25, 0.3) is 0 Å². The fourth-order valence-electron chi connectivity index (χ4n) is 1.92. The Morgan fingerprint density at radius 2 is 2.08 bits per heavy atom. The van der Waals surface area contributed by atoms with Gasteiger partial charge in [0.05, 0.1) is 11.6 Å². The van der Waals surface area contributed by atoms with Crippen LogP contribution in [0.5, 0.6) is 11.6 Å². The van der Waals surface area contributed by atoms with Gasteiger partial charge in [0.25, 0.3) is 5.91 Å². The molecule has 0 aliphatic carbocycles. The Kier molecular flexibility index (Phi) is 6.24. The summed E-state index contributed by atoms with van der Waals surface area (Å²) in [5, 5.41) is 2.62. The number of nitrogens with one attached hydrogen (secondary N) is 1. The molecular formula is C16H14BrF3N2O3. The highest BCUT2D eigenvalue weighted by Gasteiger charge is 2.29. The zero-order valence-electron chi connectivity index (χ0n) is 13.1. The summed E-state index contributed by atoms with van der Waals surface area (Å²) in [5.41, 5.74) is 0.710. The SMILES string of the molecule is COc1ccc(C(=O)NCc2cccnc2OCC(F)(F)F)cc1Br. The van der Waals surface area contributed by atoms with Gasteiger partial charge in [-0.3, -0.25) is 4.79 Å². The van der Waals surface area contributed by atoms with Crippen LogP contribution in [0.2, 0.25) is 0 Å². The van der Waals surface area contributed by atoms with Gasteiger partial charge in [-0.2, -0.15) is 13.2 Å². The smallest absolute Gasteiger partial charge is 0.422 e. The standard InChI is InChI=1S/C16H14BrF3N2O3/c1-24-13-5-4-10(7-12(13)17)14(23)22-8-11-3-2-6-21-15(11)25-9-16(18,19)20/h2-7H,8-9H2,1H3,(H,22,23). The zero-order chi connectivity index (χ0) is 18.4. The maximum atomic E-state index is 12.3. The molecule has 0 fully saturated rings. The molecule has 5 nitrogen and oxygen atoms in total.